The predicted molar refractivity (Wildman–Crippen MR) is 118 cm³/mol. The van der Waals surface area contributed by atoms with Crippen LogP contribution >= 0.6 is 24.0 Å². The Balaban J connectivity index is 0.00000364. The Kier molecular flexibility index (Phi) is 10.00. The van der Waals surface area contributed by atoms with Gasteiger partial charge in [-0.1, -0.05) is 6.07 Å². The van der Waals surface area contributed by atoms with Gasteiger partial charge in [0.05, 0.1) is 26.9 Å². The molecule has 0 aliphatic carbocycles. The lowest BCUT2D eigenvalue weighted by Crippen LogP contribution is -2.45. The van der Waals surface area contributed by atoms with Gasteiger partial charge in [0.25, 0.3) is 0 Å². The highest BCUT2D eigenvalue weighted by atomic mass is 127. The van der Waals surface area contributed by atoms with Gasteiger partial charge in [0.15, 0.2) is 17.5 Å². The molecule has 0 spiro atoms. The van der Waals surface area contributed by atoms with Gasteiger partial charge in [0.2, 0.25) is 5.75 Å². The van der Waals surface area contributed by atoms with Crippen molar-refractivity contribution in [1.29, 1.82) is 0 Å². The van der Waals surface area contributed by atoms with Crippen LogP contribution in [0.4, 0.5) is 0 Å². The summed E-state index contributed by atoms with van der Waals surface area (Å²) in [5.74, 6) is 2.73. The van der Waals surface area contributed by atoms with Gasteiger partial charge in [-0.25, -0.2) is 0 Å². The summed E-state index contributed by atoms with van der Waals surface area (Å²) in [6.07, 6.45) is 2.95. The van der Waals surface area contributed by atoms with E-state index >= 15 is 0 Å². The van der Waals surface area contributed by atoms with E-state index in [9.17, 15) is 0 Å². The van der Waals surface area contributed by atoms with Crippen molar-refractivity contribution >= 4 is 29.9 Å². The van der Waals surface area contributed by atoms with Gasteiger partial charge in [-0.3, -0.25) is 4.99 Å². The van der Waals surface area contributed by atoms with Gasteiger partial charge in [-0.2, -0.15) is 0 Å². The number of hydrogen-bond acceptors (Lipinski definition) is 5. The van der Waals surface area contributed by atoms with Crippen LogP contribution in [0, 0.1) is 0 Å². The fourth-order valence-electron chi connectivity index (χ4n) is 3.14. The molecule has 1 atom stereocenters. The first-order valence-electron chi connectivity index (χ1n) is 8.93. The highest BCUT2D eigenvalue weighted by Gasteiger charge is 2.29. The minimum atomic E-state index is -0.107. The van der Waals surface area contributed by atoms with Gasteiger partial charge in [-0.15, -0.1) is 24.0 Å². The first-order valence-corrected chi connectivity index (χ1v) is 8.93. The molecule has 1 aromatic rings. The molecule has 1 heterocycles. The Bertz CT molecular complexity index is 619. The number of nitrogens with one attached hydrogen (secondary N) is 2. The lowest BCUT2D eigenvalue weighted by molar-refractivity contribution is 0.0243. The van der Waals surface area contributed by atoms with Crippen molar-refractivity contribution in [2.75, 3.05) is 48.1 Å². The Hall–Kier alpha value is -1.42. The van der Waals surface area contributed by atoms with Gasteiger partial charge in [-0.05, 0) is 32.3 Å². The molecule has 1 fully saturated rings. The first-order chi connectivity index (χ1) is 12.6. The average molecular weight is 493 g/mol. The number of hydrogen-bond donors (Lipinski definition) is 2. The van der Waals surface area contributed by atoms with Crippen molar-refractivity contribution in [3.63, 3.8) is 0 Å². The maximum atomic E-state index is 5.80. The van der Waals surface area contributed by atoms with E-state index in [1.807, 2.05) is 12.1 Å². The molecule has 1 aliphatic heterocycles. The Morgan fingerprint density at radius 2 is 1.89 bits per heavy atom. The SMILES string of the molecule is CN=C(NCCc1ccc(OC)c(OC)c1OC)NCC1(C)CCCO1.I. The summed E-state index contributed by atoms with van der Waals surface area (Å²) < 4.78 is 22.1. The molecule has 0 amide bonds. The summed E-state index contributed by atoms with van der Waals surface area (Å²) in [5.41, 5.74) is 0.934. The molecule has 2 rings (SSSR count). The van der Waals surface area contributed by atoms with Crippen LogP contribution in [0.15, 0.2) is 17.1 Å². The molecule has 1 unspecified atom stereocenters. The fraction of sp³-hybridized carbons (Fsp3) is 0.632. The van der Waals surface area contributed by atoms with Crippen LogP contribution in [0.2, 0.25) is 0 Å². The van der Waals surface area contributed by atoms with E-state index < -0.39 is 0 Å². The van der Waals surface area contributed by atoms with E-state index in [1.165, 1.54) is 0 Å². The maximum absolute atomic E-state index is 5.80. The fourth-order valence-corrected chi connectivity index (χ4v) is 3.14. The number of nitrogens with zero attached hydrogens (tertiary/aromatic N) is 1. The van der Waals surface area contributed by atoms with Gasteiger partial charge >= 0.3 is 0 Å². The topological polar surface area (TPSA) is 73.3 Å². The van der Waals surface area contributed by atoms with E-state index in [2.05, 4.69) is 22.5 Å². The van der Waals surface area contributed by atoms with E-state index in [0.29, 0.717) is 23.8 Å². The third-order valence-corrected chi connectivity index (χ3v) is 4.63. The first kappa shape index (κ1) is 23.6. The van der Waals surface area contributed by atoms with E-state index in [0.717, 1.165) is 43.9 Å². The summed E-state index contributed by atoms with van der Waals surface area (Å²) in [7, 11) is 6.63. The molecule has 2 N–H and O–H groups in total. The summed E-state index contributed by atoms with van der Waals surface area (Å²) in [6, 6.07) is 3.88. The van der Waals surface area contributed by atoms with Crippen LogP contribution in [0.25, 0.3) is 0 Å². The van der Waals surface area contributed by atoms with Crippen molar-refractivity contribution in [1.82, 2.24) is 10.6 Å². The number of guanidine groups is 1. The Morgan fingerprint density at radius 1 is 1.15 bits per heavy atom. The third-order valence-electron chi connectivity index (χ3n) is 4.63. The second-order valence-electron chi connectivity index (χ2n) is 6.50. The van der Waals surface area contributed by atoms with Crippen LogP contribution < -0.4 is 24.8 Å². The van der Waals surface area contributed by atoms with Crippen LogP contribution in [0.1, 0.15) is 25.3 Å². The quantitative estimate of drug-likeness (QED) is 0.330. The highest BCUT2D eigenvalue weighted by molar-refractivity contribution is 14.0. The summed E-state index contributed by atoms with van der Waals surface area (Å²) in [6.45, 7) is 4.42. The zero-order valence-corrected chi connectivity index (χ0v) is 19.2. The van der Waals surface area contributed by atoms with Crippen molar-refractivity contribution in [2.24, 2.45) is 4.99 Å². The molecule has 0 aromatic heterocycles. The number of methoxy groups -OCH3 is 3. The minimum Gasteiger partial charge on any atom is -0.493 e. The van der Waals surface area contributed by atoms with Crippen molar-refractivity contribution in [2.45, 2.75) is 31.8 Å². The monoisotopic (exact) mass is 493 g/mol. The molecular formula is C19H32IN3O4. The predicted octanol–water partition coefficient (Wildman–Crippen LogP) is 2.61. The van der Waals surface area contributed by atoms with Crippen LogP contribution in [0.3, 0.4) is 0 Å². The molecule has 1 aromatic carbocycles. The molecule has 0 saturated carbocycles. The lowest BCUT2D eigenvalue weighted by atomic mass is 10.0. The molecule has 1 aliphatic rings. The second kappa shape index (κ2) is 11.4. The third kappa shape index (κ3) is 6.31. The van der Waals surface area contributed by atoms with Crippen LogP contribution in [-0.2, 0) is 11.2 Å². The summed E-state index contributed by atoms with van der Waals surface area (Å²) in [4.78, 5) is 4.28. The second-order valence-corrected chi connectivity index (χ2v) is 6.50. The summed E-state index contributed by atoms with van der Waals surface area (Å²) >= 11 is 0. The molecule has 0 radical (unpaired) electrons. The van der Waals surface area contributed by atoms with Crippen molar-refractivity contribution in [3.8, 4) is 17.2 Å². The number of aliphatic imine (C=N–C) groups is 1. The van der Waals surface area contributed by atoms with E-state index in [1.54, 1.807) is 28.4 Å². The van der Waals surface area contributed by atoms with Crippen molar-refractivity contribution < 1.29 is 18.9 Å². The average Bonchev–Trinajstić information content (AvgIpc) is 3.10. The van der Waals surface area contributed by atoms with E-state index in [4.69, 9.17) is 18.9 Å². The number of halogens is 1. The van der Waals surface area contributed by atoms with Crippen LogP contribution in [0.5, 0.6) is 17.2 Å². The number of benzene rings is 1. The normalized spacial score (nSPS) is 19.2. The van der Waals surface area contributed by atoms with Gasteiger partial charge < -0.3 is 29.6 Å². The molecule has 8 heteroatoms. The molecular weight excluding hydrogens is 461 g/mol. The standard InChI is InChI=1S/C19H31N3O4.HI/c1-19(10-6-12-26-19)13-22-18(20-2)21-11-9-14-7-8-15(23-3)17(25-5)16(14)24-4;/h7-8H,6,9-13H2,1-5H3,(H2,20,21,22);1H. The minimum absolute atomic E-state index is 0. The zero-order chi connectivity index (χ0) is 19.0. The van der Waals surface area contributed by atoms with Crippen LogP contribution in [-0.4, -0.2) is 59.6 Å². The Labute approximate surface area is 179 Å². The molecule has 154 valence electrons. The largest absolute Gasteiger partial charge is 0.493 e. The Morgan fingerprint density at radius 3 is 2.44 bits per heavy atom. The number of ether oxygens (including phenoxy) is 4. The highest BCUT2D eigenvalue weighted by Crippen LogP contribution is 2.39. The number of rotatable bonds is 8. The molecule has 7 nitrogen and oxygen atoms in total. The molecule has 0 bridgehead atoms. The molecule has 1 saturated heterocycles. The van der Waals surface area contributed by atoms with Gasteiger partial charge in [0, 0.05) is 32.3 Å². The molecule has 27 heavy (non-hydrogen) atoms. The lowest BCUT2D eigenvalue weighted by Gasteiger charge is -2.24. The van der Waals surface area contributed by atoms with Crippen molar-refractivity contribution in [3.05, 3.63) is 17.7 Å². The smallest absolute Gasteiger partial charge is 0.203 e. The maximum Gasteiger partial charge on any atom is 0.203 e. The zero-order valence-electron chi connectivity index (χ0n) is 16.9. The summed E-state index contributed by atoms with van der Waals surface area (Å²) in [5, 5.41) is 6.68. The van der Waals surface area contributed by atoms with Gasteiger partial charge in [0.1, 0.15) is 0 Å². The van der Waals surface area contributed by atoms with E-state index in [-0.39, 0.29) is 29.6 Å².